The van der Waals surface area contributed by atoms with Crippen molar-refractivity contribution in [2.24, 2.45) is 0 Å². The number of hydrogen-bond acceptors (Lipinski definition) is 2. The van der Waals surface area contributed by atoms with Gasteiger partial charge in [0.1, 0.15) is 5.60 Å². The molecular formula is C20H25BNO. The third-order valence-corrected chi connectivity index (χ3v) is 4.69. The number of aliphatic hydroxyl groups is 1. The van der Waals surface area contributed by atoms with Crippen LogP contribution < -0.4 is 0 Å². The van der Waals surface area contributed by atoms with Gasteiger partial charge < -0.3 is 9.92 Å². The molecular weight excluding hydrogens is 281 g/mol. The molecule has 1 N–H and O–H groups in total. The summed E-state index contributed by atoms with van der Waals surface area (Å²) in [6.45, 7) is 5.41. The first-order chi connectivity index (χ1) is 11.1. The van der Waals surface area contributed by atoms with Gasteiger partial charge in [0, 0.05) is 6.04 Å². The predicted molar refractivity (Wildman–Crippen MR) is 96.5 cm³/mol. The highest BCUT2D eigenvalue weighted by molar-refractivity contribution is 6.34. The lowest BCUT2D eigenvalue weighted by Crippen LogP contribution is -2.50. The minimum Gasteiger partial charge on any atom is -0.379 e. The van der Waals surface area contributed by atoms with Gasteiger partial charge in [-0.3, -0.25) is 0 Å². The zero-order valence-electron chi connectivity index (χ0n) is 14.0. The Balaban J connectivity index is 2.06. The Morgan fingerprint density at radius 1 is 1.00 bits per heavy atom. The summed E-state index contributed by atoms with van der Waals surface area (Å²) in [5, 5.41) is 11.9. The quantitative estimate of drug-likeness (QED) is 0.849. The van der Waals surface area contributed by atoms with E-state index < -0.39 is 5.60 Å². The van der Waals surface area contributed by atoms with Crippen LogP contribution in [0.25, 0.3) is 0 Å². The largest absolute Gasteiger partial charge is 0.379 e. The second-order valence-corrected chi connectivity index (χ2v) is 6.79. The molecule has 0 saturated carbocycles. The fraction of sp³-hybridized carbons (Fsp3) is 0.400. The molecule has 0 bridgehead atoms. The lowest BCUT2D eigenvalue weighted by Gasteiger charge is -2.40. The average Bonchev–Trinajstić information content (AvgIpc) is 3.03. The van der Waals surface area contributed by atoms with Gasteiger partial charge in [0.25, 0.3) is 0 Å². The van der Waals surface area contributed by atoms with E-state index in [0.717, 1.165) is 30.5 Å². The maximum Gasteiger partial charge on any atom is 0.211 e. The van der Waals surface area contributed by atoms with E-state index in [2.05, 4.69) is 26.1 Å². The van der Waals surface area contributed by atoms with Crippen molar-refractivity contribution in [1.29, 1.82) is 0 Å². The molecule has 1 atom stereocenters. The van der Waals surface area contributed by atoms with Gasteiger partial charge in [-0.25, -0.2) is 0 Å². The van der Waals surface area contributed by atoms with Crippen molar-refractivity contribution < 1.29 is 5.11 Å². The summed E-state index contributed by atoms with van der Waals surface area (Å²) in [7, 11) is 2.27. The van der Waals surface area contributed by atoms with Crippen LogP contribution in [0.1, 0.15) is 37.8 Å². The molecule has 2 aromatic carbocycles. The second-order valence-electron chi connectivity index (χ2n) is 6.79. The van der Waals surface area contributed by atoms with Gasteiger partial charge in [-0.05, 0) is 30.5 Å². The van der Waals surface area contributed by atoms with E-state index >= 15 is 0 Å². The molecule has 1 aliphatic rings. The number of hydrogen-bond donors (Lipinski definition) is 1. The van der Waals surface area contributed by atoms with Crippen LogP contribution in [-0.2, 0) is 5.60 Å². The Kier molecular flexibility index (Phi) is 4.89. The van der Waals surface area contributed by atoms with Gasteiger partial charge in [-0.1, -0.05) is 80.3 Å². The molecule has 2 nitrogen and oxygen atoms in total. The Bertz CT molecular complexity index is 575. The van der Waals surface area contributed by atoms with Crippen LogP contribution in [0.2, 0.25) is 5.82 Å². The maximum atomic E-state index is 11.9. The van der Waals surface area contributed by atoms with Gasteiger partial charge in [0.15, 0.2) is 0 Å². The van der Waals surface area contributed by atoms with E-state index in [0.29, 0.717) is 5.82 Å². The third kappa shape index (κ3) is 3.22. The SMILES string of the molecule is CC(C)[B]N1CCCC1C(O)(c1ccccc1)c1ccccc1. The summed E-state index contributed by atoms with van der Waals surface area (Å²) in [4.78, 5) is 2.35. The van der Waals surface area contributed by atoms with Crippen molar-refractivity contribution in [1.82, 2.24) is 4.81 Å². The van der Waals surface area contributed by atoms with Crippen LogP contribution >= 0.6 is 0 Å². The van der Waals surface area contributed by atoms with Crippen molar-refractivity contribution in [2.45, 2.75) is 44.1 Å². The van der Waals surface area contributed by atoms with Gasteiger partial charge in [-0.15, -0.1) is 0 Å². The smallest absolute Gasteiger partial charge is 0.211 e. The normalized spacial score (nSPS) is 19.2. The van der Waals surface area contributed by atoms with Crippen LogP contribution in [-0.4, -0.2) is 29.9 Å². The summed E-state index contributed by atoms with van der Waals surface area (Å²) >= 11 is 0. The van der Waals surface area contributed by atoms with E-state index in [1.807, 2.05) is 60.7 Å². The molecule has 1 aliphatic heterocycles. The molecule has 1 saturated heterocycles. The van der Waals surface area contributed by atoms with Gasteiger partial charge in [-0.2, -0.15) is 0 Å². The summed E-state index contributed by atoms with van der Waals surface area (Å²) in [6.07, 6.45) is 2.12. The molecule has 2 aromatic rings. The molecule has 1 fully saturated rings. The number of nitrogens with zero attached hydrogens (tertiary/aromatic N) is 1. The zero-order valence-corrected chi connectivity index (χ0v) is 14.0. The minimum absolute atomic E-state index is 0.0784. The average molecular weight is 306 g/mol. The van der Waals surface area contributed by atoms with E-state index in [1.54, 1.807) is 0 Å². The Labute approximate surface area is 140 Å². The molecule has 0 aliphatic carbocycles. The molecule has 23 heavy (non-hydrogen) atoms. The molecule has 1 unspecified atom stereocenters. The second kappa shape index (κ2) is 6.90. The van der Waals surface area contributed by atoms with E-state index in [1.165, 1.54) is 0 Å². The highest BCUT2D eigenvalue weighted by Gasteiger charge is 2.45. The first-order valence-corrected chi connectivity index (χ1v) is 8.56. The first kappa shape index (κ1) is 16.3. The lowest BCUT2D eigenvalue weighted by atomic mass is 9.71. The molecule has 0 aromatic heterocycles. The van der Waals surface area contributed by atoms with Crippen LogP contribution in [0.5, 0.6) is 0 Å². The fourth-order valence-corrected chi connectivity index (χ4v) is 3.74. The Morgan fingerprint density at radius 3 is 2.00 bits per heavy atom. The molecule has 1 radical (unpaired) electrons. The van der Waals surface area contributed by atoms with E-state index in [9.17, 15) is 5.11 Å². The van der Waals surface area contributed by atoms with Crippen molar-refractivity contribution >= 4 is 7.41 Å². The van der Waals surface area contributed by atoms with Gasteiger partial charge in [0.2, 0.25) is 7.41 Å². The Hall–Kier alpha value is -1.58. The summed E-state index contributed by atoms with van der Waals surface area (Å²) in [6, 6.07) is 20.3. The number of rotatable bonds is 5. The summed E-state index contributed by atoms with van der Waals surface area (Å²) in [5.74, 6) is 0.478. The maximum absolute atomic E-state index is 11.9. The van der Waals surface area contributed by atoms with Crippen molar-refractivity contribution in [3.05, 3.63) is 71.8 Å². The first-order valence-electron chi connectivity index (χ1n) is 8.56. The lowest BCUT2D eigenvalue weighted by molar-refractivity contribution is 0.0196. The van der Waals surface area contributed by atoms with Crippen LogP contribution in [0, 0.1) is 0 Å². The van der Waals surface area contributed by atoms with Crippen molar-refractivity contribution in [2.75, 3.05) is 6.54 Å². The van der Waals surface area contributed by atoms with Gasteiger partial charge >= 0.3 is 0 Å². The van der Waals surface area contributed by atoms with Crippen LogP contribution in [0.3, 0.4) is 0 Å². The van der Waals surface area contributed by atoms with Crippen LogP contribution in [0.15, 0.2) is 60.7 Å². The van der Waals surface area contributed by atoms with Crippen LogP contribution in [0.4, 0.5) is 0 Å². The molecule has 0 spiro atoms. The highest BCUT2D eigenvalue weighted by Crippen LogP contribution is 2.40. The van der Waals surface area contributed by atoms with E-state index in [4.69, 9.17) is 0 Å². The van der Waals surface area contributed by atoms with Crippen molar-refractivity contribution in [3.63, 3.8) is 0 Å². The highest BCUT2D eigenvalue weighted by atomic mass is 16.3. The molecule has 3 rings (SSSR count). The summed E-state index contributed by atoms with van der Waals surface area (Å²) in [5.41, 5.74) is 0.963. The molecule has 119 valence electrons. The third-order valence-electron chi connectivity index (χ3n) is 4.69. The fourth-order valence-electron chi connectivity index (χ4n) is 3.74. The van der Waals surface area contributed by atoms with Gasteiger partial charge in [0.05, 0.1) is 0 Å². The molecule has 3 heteroatoms. The zero-order chi connectivity index (χ0) is 16.3. The standard InChI is InChI=1S/C20H25BNO/c1-16(2)21-22-15-9-14-19(22)20(23,17-10-5-3-6-11-17)18-12-7-4-8-13-18/h3-8,10-13,16,19,23H,9,14-15H2,1-2H3. The molecule has 0 amide bonds. The monoisotopic (exact) mass is 306 g/mol. The van der Waals surface area contributed by atoms with Crippen molar-refractivity contribution in [3.8, 4) is 0 Å². The molecule has 1 heterocycles. The predicted octanol–water partition coefficient (Wildman–Crippen LogP) is 3.83. The topological polar surface area (TPSA) is 23.5 Å². The number of benzene rings is 2. The Morgan fingerprint density at radius 2 is 1.52 bits per heavy atom. The van der Waals surface area contributed by atoms with E-state index in [-0.39, 0.29) is 6.04 Å². The summed E-state index contributed by atoms with van der Waals surface area (Å²) < 4.78 is 0. The minimum atomic E-state index is -0.982.